The Morgan fingerprint density at radius 1 is 1.00 bits per heavy atom. The van der Waals surface area contributed by atoms with E-state index in [4.69, 9.17) is 9.72 Å². The molecule has 0 saturated carbocycles. The van der Waals surface area contributed by atoms with Gasteiger partial charge in [0.2, 0.25) is 0 Å². The maximum absolute atomic E-state index is 12.3. The van der Waals surface area contributed by atoms with E-state index in [-0.39, 0.29) is 6.09 Å². The third-order valence-electron chi connectivity index (χ3n) is 5.19. The van der Waals surface area contributed by atoms with E-state index in [0.29, 0.717) is 13.1 Å². The molecule has 0 unspecified atom stereocenters. The van der Waals surface area contributed by atoms with Gasteiger partial charge in [0.1, 0.15) is 11.4 Å². The zero-order valence-electron chi connectivity index (χ0n) is 17.6. The standard InChI is InChI=1S/C23H28N4O2/c1-23(2,3)29-22(28)27-14-12-26(13-15-27)18-9-7-8-17(16-18)21-24-19-10-5-6-11-20(19)25(21)4/h5-11,16H,12-15H2,1-4H3. The minimum Gasteiger partial charge on any atom is -0.444 e. The van der Waals surface area contributed by atoms with Crippen LogP contribution >= 0.6 is 0 Å². The summed E-state index contributed by atoms with van der Waals surface area (Å²) in [6, 6.07) is 16.7. The van der Waals surface area contributed by atoms with Gasteiger partial charge in [-0.15, -0.1) is 0 Å². The average Bonchev–Trinajstić information content (AvgIpc) is 3.04. The molecule has 4 rings (SSSR count). The molecule has 0 bridgehead atoms. The zero-order valence-corrected chi connectivity index (χ0v) is 17.6. The van der Waals surface area contributed by atoms with Gasteiger partial charge < -0.3 is 19.1 Å². The van der Waals surface area contributed by atoms with Crippen molar-refractivity contribution in [1.29, 1.82) is 0 Å². The fraction of sp³-hybridized carbons (Fsp3) is 0.391. The molecular weight excluding hydrogens is 364 g/mol. The van der Waals surface area contributed by atoms with Crippen LogP contribution in [-0.2, 0) is 11.8 Å². The molecule has 1 saturated heterocycles. The summed E-state index contributed by atoms with van der Waals surface area (Å²) in [5, 5.41) is 0. The lowest BCUT2D eigenvalue weighted by Crippen LogP contribution is -2.50. The Morgan fingerprint density at radius 3 is 2.41 bits per heavy atom. The number of para-hydroxylation sites is 2. The first kappa shape index (κ1) is 19.3. The van der Waals surface area contributed by atoms with Crippen LogP contribution < -0.4 is 4.90 Å². The van der Waals surface area contributed by atoms with Crippen molar-refractivity contribution in [1.82, 2.24) is 14.5 Å². The SMILES string of the molecule is Cn1c(-c2cccc(N3CCN(C(=O)OC(C)(C)C)CC3)c2)nc2ccccc21. The minimum atomic E-state index is -0.464. The van der Waals surface area contributed by atoms with Gasteiger partial charge in [0, 0.05) is 44.5 Å². The Morgan fingerprint density at radius 2 is 1.72 bits per heavy atom. The average molecular weight is 393 g/mol. The van der Waals surface area contributed by atoms with E-state index >= 15 is 0 Å². The van der Waals surface area contributed by atoms with Crippen LogP contribution in [0.2, 0.25) is 0 Å². The second kappa shape index (κ2) is 7.43. The minimum absolute atomic E-state index is 0.231. The molecule has 3 aromatic rings. The summed E-state index contributed by atoms with van der Waals surface area (Å²) in [7, 11) is 2.05. The van der Waals surface area contributed by atoms with Crippen molar-refractivity contribution in [2.45, 2.75) is 26.4 Å². The summed E-state index contributed by atoms with van der Waals surface area (Å²) in [5.41, 5.74) is 3.91. The number of hydrogen-bond acceptors (Lipinski definition) is 4. The molecule has 6 heteroatoms. The molecule has 1 aliphatic rings. The molecule has 2 heterocycles. The number of hydrogen-bond donors (Lipinski definition) is 0. The number of aryl methyl sites for hydroxylation is 1. The molecule has 0 N–H and O–H groups in total. The lowest BCUT2D eigenvalue weighted by Gasteiger charge is -2.36. The Hall–Kier alpha value is -3.02. The number of benzene rings is 2. The summed E-state index contributed by atoms with van der Waals surface area (Å²) >= 11 is 0. The van der Waals surface area contributed by atoms with E-state index < -0.39 is 5.60 Å². The number of ether oxygens (including phenoxy) is 1. The zero-order chi connectivity index (χ0) is 20.6. The predicted molar refractivity (Wildman–Crippen MR) is 116 cm³/mol. The number of nitrogens with zero attached hydrogens (tertiary/aromatic N) is 4. The second-order valence-electron chi connectivity index (χ2n) is 8.49. The number of fused-ring (bicyclic) bond motifs is 1. The maximum atomic E-state index is 12.3. The van der Waals surface area contributed by atoms with Gasteiger partial charge in [-0.2, -0.15) is 0 Å². The lowest BCUT2D eigenvalue weighted by atomic mass is 10.1. The largest absolute Gasteiger partial charge is 0.444 e. The van der Waals surface area contributed by atoms with E-state index in [1.54, 1.807) is 4.90 Å². The summed E-state index contributed by atoms with van der Waals surface area (Å²) in [4.78, 5) is 21.2. The fourth-order valence-corrected chi connectivity index (χ4v) is 3.72. The van der Waals surface area contributed by atoms with Crippen molar-refractivity contribution in [3.8, 4) is 11.4 Å². The lowest BCUT2D eigenvalue weighted by molar-refractivity contribution is 0.0240. The highest BCUT2D eigenvalue weighted by atomic mass is 16.6. The number of amides is 1. The van der Waals surface area contributed by atoms with Gasteiger partial charge >= 0.3 is 6.09 Å². The van der Waals surface area contributed by atoms with Crippen LogP contribution in [0.3, 0.4) is 0 Å². The van der Waals surface area contributed by atoms with Crippen LogP contribution in [0.15, 0.2) is 48.5 Å². The van der Waals surface area contributed by atoms with Crippen molar-refractivity contribution in [3.05, 3.63) is 48.5 Å². The van der Waals surface area contributed by atoms with Gasteiger partial charge in [-0.1, -0.05) is 24.3 Å². The Bertz CT molecular complexity index is 1030. The highest BCUT2D eigenvalue weighted by Gasteiger charge is 2.26. The third-order valence-corrected chi connectivity index (χ3v) is 5.19. The molecule has 1 aromatic heterocycles. The molecular formula is C23H28N4O2. The van der Waals surface area contributed by atoms with Crippen LogP contribution in [-0.4, -0.2) is 52.3 Å². The first-order valence-electron chi connectivity index (χ1n) is 10.1. The quantitative estimate of drug-likeness (QED) is 0.653. The topological polar surface area (TPSA) is 50.6 Å². The van der Waals surface area contributed by atoms with E-state index in [1.165, 1.54) is 0 Å². The van der Waals surface area contributed by atoms with Gasteiger partial charge in [0.05, 0.1) is 11.0 Å². The van der Waals surface area contributed by atoms with Crippen molar-refractivity contribution >= 4 is 22.8 Å². The molecule has 1 fully saturated rings. The maximum Gasteiger partial charge on any atom is 0.410 e. The highest BCUT2D eigenvalue weighted by Crippen LogP contribution is 2.27. The molecule has 2 aromatic carbocycles. The van der Waals surface area contributed by atoms with Gasteiger partial charge in [-0.25, -0.2) is 9.78 Å². The second-order valence-corrected chi connectivity index (χ2v) is 8.49. The van der Waals surface area contributed by atoms with Crippen LogP contribution in [0.1, 0.15) is 20.8 Å². The van der Waals surface area contributed by atoms with E-state index in [9.17, 15) is 4.79 Å². The predicted octanol–water partition coefficient (Wildman–Crippen LogP) is 4.30. The molecule has 1 aliphatic heterocycles. The van der Waals surface area contributed by atoms with E-state index in [0.717, 1.165) is 41.2 Å². The Kier molecular flexibility index (Phi) is 4.94. The molecule has 29 heavy (non-hydrogen) atoms. The number of anilines is 1. The van der Waals surface area contributed by atoms with Crippen LogP contribution in [0.4, 0.5) is 10.5 Å². The Balaban J connectivity index is 1.50. The number of rotatable bonds is 2. The van der Waals surface area contributed by atoms with Crippen molar-refractivity contribution in [2.24, 2.45) is 7.05 Å². The molecule has 6 nitrogen and oxygen atoms in total. The van der Waals surface area contributed by atoms with Crippen LogP contribution in [0.5, 0.6) is 0 Å². The summed E-state index contributed by atoms with van der Waals surface area (Å²) in [6.45, 7) is 8.57. The monoisotopic (exact) mass is 392 g/mol. The first-order chi connectivity index (χ1) is 13.8. The number of carbonyl (C=O) groups is 1. The third kappa shape index (κ3) is 4.06. The van der Waals surface area contributed by atoms with Crippen molar-refractivity contribution in [2.75, 3.05) is 31.1 Å². The summed E-state index contributed by atoms with van der Waals surface area (Å²) in [5.74, 6) is 0.959. The number of carbonyl (C=O) groups excluding carboxylic acids is 1. The summed E-state index contributed by atoms with van der Waals surface area (Å²) in [6.07, 6.45) is -0.231. The smallest absolute Gasteiger partial charge is 0.410 e. The fourth-order valence-electron chi connectivity index (χ4n) is 3.72. The molecule has 0 spiro atoms. The molecule has 0 atom stereocenters. The van der Waals surface area contributed by atoms with Gasteiger partial charge in [-0.05, 0) is 45.0 Å². The molecule has 0 aliphatic carbocycles. The van der Waals surface area contributed by atoms with Crippen molar-refractivity contribution < 1.29 is 9.53 Å². The molecule has 0 radical (unpaired) electrons. The van der Waals surface area contributed by atoms with Gasteiger partial charge in [0.15, 0.2) is 0 Å². The van der Waals surface area contributed by atoms with Gasteiger partial charge in [-0.3, -0.25) is 0 Å². The summed E-state index contributed by atoms with van der Waals surface area (Å²) < 4.78 is 7.63. The van der Waals surface area contributed by atoms with Crippen LogP contribution in [0, 0.1) is 0 Å². The van der Waals surface area contributed by atoms with Crippen molar-refractivity contribution in [3.63, 3.8) is 0 Å². The highest BCUT2D eigenvalue weighted by molar-refractivity contribution is 5.81. The Labute approximate surface area is 171 Å². The van der Waals surface area contributed by atoms with Gasteiger partial charge in [0.25, 0.3) is 0 Å². The molecule has 152 valence electrons. The van der Waals surface area contributed by atoms with E-state index in [2.05, 4.69) is 46.8 Å². The first-order valence-corrected chi connectivity index (χ1v) is 10.1. The molecule has 1 amide bonds. The van der Waals surface area contributed by atoms with Crippen LogP contribution in [0.25, 0.3) is 22.4 Å². The normalized spacial score (nSPS) is 15.0. The number of piperazine rings is 1. The van der Waals surface area contributed by atoms with E-state index in [1.807, 2.05) is 39.0 Å². The number of aromatic nitrogens is 2. The number of imidazole rings is 1.